The number of aromatic nitrogens is 5. The normalized spacial score (nSPS) is 17.3. The van der Waals surface area contributed by atoms with E-state index in [4.69, 9.17) is 0 Å². The molecule has 0 bridgehead atoms. The number of carbonyl (C=O) groups is 1. The summed E-state index contributed by atoms with van der Waals surface area (Å²) in [4.78, 5) is 22.3. The van der Waals surface area contributed by atoms with Crippen LogP contribution in [-0.4, -0.2) is 54.9 Å². The van der Waals surface area contributed by atoms with Gasteiger partial charge in [0.05, 0.1) is 11.9 Å². The third-order valence-electron chi connectivity index (χ3n) is 5.14. The Morgan fingerprint density at radius 2 is 1.96 bits per heavy atom. The zero-order valence-corrected chi connectivity index (χ0v) is 16.7. The second-order valence-electron chi connectivity index (χ2n) is 8.30. The maximum absolute atomic E-state index is 11.5. The van der Waals surface area contributed by atoms with Crippen molar-refractivity contribution >= 4 is 23.0 Å². The van der Waals surface area contributed by atoms with Crippen molar-refractivity contribution in [2.75, 3.05) is 18.4 Å². The number of hydrogen-bond donors (Lipinski definition) is 1. The SMILES string of the molecule is CC(=O)N1CCC(Nc2ncc3nnn(-c4ccc(C(C)(C)C)cc4)c3n2)C1. The van der Waals surface area contributed by atoms with Gasteiger partial charge in [0.25, 0.3) is 0 Å². The van der Waals surface area contributed by atoms with Gasteiger partial charge in [-0.15, -0.1) is 5.10 Å². The van der Waals surface area contributed by atoms with Crippen molar-refractivity contribution in [1.29, 1.82) is 0 Å². The second kappa shape index (κ2) is 6.85. The molecule has 1 aliphatic heterocycles. The topological polar surface area (TPSA) is 88.8 Å². The van der Waals surface area contributed by atoms with Crippen molar-refractivity contribution in [1.82, 2.24) is 29.9 Å². The maximum atomic E-state index is 11.5. The first-order valence-electron chi connectivity index (χ1n) is 9.53. The predicted octanol–water partition coefficient (Wildman–Crippen LogP) is 2.54. The van der Waals surface area contributed by atoms with Gasteiger partial charge in [-0.05, 0) is 29.5 Å². The highest BCUT2D eigenvalue weighted by Gasteiger charge is 2.25. The van der Waals surface area contributed by atoms with Gasteiger partial charge >= 0.3 is 0 Å². The van der Waals surface area contributed by atoms with E-state index in [1.807, 2.05) is 17.0 Å². The molecule has 1 fully saturated rings. The van der Waals surface area contributed by atoms with Crippen LogP contribution in [0.25, 0.3) is 16.9 Å². The smallest absolute Gasteiger partial charge is 0.225 e. The first kappa shape index (κ1) is 18.3. The first-order chi connectivity index (χ1) is 13.3. The highest BCUT2D eigenvalue weighted by Crippen LogP contribution is 2.24. The second-order valence-corrected chi connectivity index (χ2v) is 8.30. The van der Waals surface area contributed by atoms with Crippen molar-refractivity contribution < 1.29 is 4.79 Å². The molecule has 0 saturated carbocycles. The molecule has 1 atom stereocenters. The van der Waals surface area contributed by atoms with Crippen molar-refractivity contribution in [3.63, 3.8) is 0 Å². The molecule has 3 heterocycles. The number of hydrogen-bond acceptors (Lipinski definition) is 6. The summed E-state index contributed by atoms with van der Waals surface area (Å²) in [6, 6.07) is 8.43. The molecule has 0 spiro atoms. The molecule has 3 aromatic rings. The van der Waals surface area contributed by atoms with E-state index in [1.54, 1.807) is 17.8 Å². The molecule has 4 rings (SSSR count). The van der Waals surface area contributed by atoms with Crippen LogP contribution < -0.4 is 5.32 Å². The van der Waals surface area contributed by atoms with Crippen LogP contribution >= 0.6 is 0 Å². The first-order valence-corrected chi connectivity index (χ1v) is 9.53. The third kappa shape index (κ3) is 3.54. The quantitative estimate of drug-likeness (QED) is 0.752. The van der Waals surface area contributed by atoms with Crippen LogP contribution in [0.2, 0.25) is 0 Å². The van der Waals surface area contributed by atoms with Gasteiger partial charge < -0.3 is 10.2 Å². The van der Waals surface area contributed by atoms with Gasteiger partial charge in [0.1, 0.15) is 0 Å². The Bertz CT molecular complexity index is 1000. The molecule has 146 valence electrons. The van der Waals surface area contributed by atoms with E-state index >= 15 is 0 Å². The van der Waals surface area contributed by atoms with E-state index in [0.29, 0.717) is 23.7 Å². The minimum atomic E-state index is 0.0945. The van der Waals surface area contributed by atoms with Crippen LogP contribution in [0.3, 0.4) is 0 Å². The fourth-order valence-electron chi connectivity index (χ4n) is 3.42. The molecule has 0 aliphatic carbocycles. The molecule has 1 aliphatic rings. The van der Waals surface area contributed by atoms with E-state index in [1.165, 1.54) is 5.56 Å². The highest BCUT2D eigenvalue weighted by molar-refractivity contribution is 5.74. The molecule has 28 heavy (non-hydrogen) atoms. The lowest BCUT2D eigenvalue weighted by atomic mass is 9.87. The minimum absolute atomic E-state index is 0.0945. The predicted molar refractivity (Wildman–Crippen MR) is 107 cm³/mol. The van der Waals surface area contributed by atoms with Crippen molar-refractivity contribution in [3.05, 3.63) is 36.0 Å². The van der Waals surface area contributed by atoms with Gasteiger partial charge in [-0.1, -0.05) is 38.1 Å². The van der Waals surface area contributed by atoms with Crippen LogP contribution in [0.15, 0.2) is 30.5 Å². The molecule has 8 nitrogen and oxygen atoms in total. The van der Waals surface area contributed by atoms with Crippen LogP contribution in [0.1, 0.15) is 39.7 Å². The van der Waals surface area contributed by atoms with Crippen LogP contribution in [-0.2, 0) is 10.2 Å². The monoisotopic (exact) mass is 379 g/mol. The summed E-state index contributed by atoms with van der Waals surface area (Å²) in [7, 11) is 0. The standard InChI is InChI=1S/C20H25N7O/c1-13(28)26-10-9-15(12-26)22-19-21-11-17-18(23-19)27(25-24-17)16-7-5-14(6-8-16)20(2,3)4/h5-8,11,15H,9-10,12H2,1-4H3,(H,21,22,23). The van der Waals surface area contributed by atoms with Gasteiger partial charge in [0.2, 0.25) is 11.9 Å². The van der Waals surface area contributed by atoms with Gasteiger partial charge in [-0.2, -0.15) is 9.67 Å². The summed E-state index contributed by atoms with van der Waals surface area (Å²) in [5.41, 5.74) is 3.56. The number of likely N-dealkylation sites (tertiary alicyclic amines) is 1. The number of rotatable bonds is 3. The number of nitrogens with zero attached hydrogens (tertiary/aromatic N) is 6. The average molecular weight is 379 g/mol. The summed E-state index contributed by atoms with van der Waals surface area (Å²) in [5.74, 6) is 0.624. The number of benzene rings is 1. The van der Waals surface area contributed by atoms with Gasteiger partial charge in [0.15, 0.2) is 11.2 Å². The van der Waals surface area contributed by atoms with Crippen molar-refractivity contribution in [3.8, 4) is 5.69 Å². The van der Waals surface area contributed by atoms with Crippen molar-refractivity contribution in [2.45, 2.75) is 45.6 Å². The number of nitrogens with one attached hydrogen (secondary N) is 1. The Balaban J connectivity index is 1.59. The van der Waals surface area contributed by atoms with E-state index in [9.17, 15) is 4.79 Å². The number of amides is 1. The Morgan fingerprint density at radius 1 is 1.21 bits per heavy atom. The van der Waals surface area contributed by atoms with E-state index in [0.717, 1.165) is 18.7 Å². The highest BCUT2D eigenvalue weighted by atomic mass is 16.2. The number of anilines is 1. The van der Waals surface area contributed by atoms with Gasteiger partial charge in [-0.3, -0.25) is 4.79 Å². The molecule has 1 saturated heterocycles. The molecule has 1 N–H and O–H groups in total. The third-order valence-corrected chi connectivity index (χ3v) is 5.14. The fourth-order valence-corrected chi connectivity index (χ4v) is 3.42. The molecule has 1 aromatic carbocycles. The van der Waals surface area contributed by atoms with Crippen LogP contribution in [0.4, 0.5) is 5.95 Å². The lowest BCUT2D eigenvalue weighted by Gasteiger charge is -2.19. The van der Waals surface area contributed by atoms with E-state index < -0.39 is 0 Å². The Labute approximate surface area is 164 Å². The summed E-state index contributed by atoms with van der Waals surface area (Å²) in [5, 5.41) is 11.8. The summed E-state index contributed by atoms with van der Waals surface area (Å²) < 4.78 is 1.73. The maximum Gasteiger partial charge on any atom is 0.225 e. The fraction of sp³-hybridized carbons (Fsp3) is 0.450. The van der Waals surface area contributed by atoms with Crippen molar-refractivity contribution in [2.24, 2.45) is 0 Å². The largest absolute Gasteiger partial charge is 0.350 e. The lowest BCUT2D eigenvalue weighted by Crippen LogP contribution is -2.30. The Kier molecular flexibility index (Phi) is 4.49. The molecule has 2 aromatic heterocycles. The summed E-state index contributed by atoms with van der Waals surface area (Å²) in [6.07, 6.45) is 2.56. The van der Waals surface area contributed by atoms with E-state index in [2.05, 4.69) is 58.5 Å². The number of carbonyl (C=O) groups excluding carboxylic acids is 1. The zero-order chi connectivity index (χ0) is 19.9. The van der Waals surface area contributed by atoms with Crippen LogP contribution in [0, 0.1) is 0 Å². The van der Waals surface area contributed by atoms with Gasteiger partial charge in [0, 0.05) is 26.1 Å². The molecule has 1 amide bonds. The number of fused-ring (bicyclic) bond motifs is 1. The van der Waals surface area contributed by atoms with Crippen LogP contribution in [0.5, 0.6) is 0 Å². The Hall–Kier alpha value is -3.03. The molecule has 0 radical (unpaired) electrons. The zero-order valence-electron chi connectivity index (χ0n) is 16.7. The lowest BCUT2D eigenvalue weighted by molar-refractivity contribution is -0.127. The molecular formula is C20H25N7O. The van der Waals surface area contributed by atoms with Gasteiger partial charge in [-0.25, -0.2) is 4.98 Å². The summed E-state index contributed by atoms with van der Waals surface area (Å²) >= 11 is 0. The average Bonchev–Trinajstić information content (AvgIpc) is 3.28. The minimum Gasteiger partial charge on any atom is -0.350 e. The molecule has 8 heteroatoms. The molecule has 1 unspecified atom stereocenters. The Morgan fingerprint density at radius 3 is 2.61 bits per heavy atom. The van der Waals surface area contributed by atoms with E-state index in [-0.39, 0.29) is 17.4 Å². The summed E-state index contributed by atoms with van der Waals surface area (Å²) in [6.45, 7) is 9.59. The molecular weight excluding hydrogens is 354 g/mol.